The lowest BCUT2D eigenvalue weighted by Crippen LogP contribution is -2.13. The molecule has 0 heterocycles. The number of hydrogen-bond acceptors (Lipinski definition) is 2. The molecule has 82 valence electrons. The SMILES string of the molecule is CSCCC(C(=O)O)c1ccccc1C. The molecule has 15 heavy (non-hydrogen) atoms. The van der Waals surface area contributed by atoms with Gasteiger partial charge in [-0.3, -0.25) is 4.79 Å². The van der Waals surface area contributed by atoms with Crippen molar-refractivity contribution in [1.82, 2.24) is 0 Å². The number of aryl methyl sites for hydroxylation is 1. The van der Waals surface area contributed by atoms with Crippen LogP contribution in [0.25, 0.3) is 0 Å². The Morgan fingerprint density at radius 3 is 2.67 bits per heavy atom. The summed E-state index contributed by atoms with van der Waals surface area (Å²) in [4.78, 5) is 11.1. The van der Waals surface area contributed by atoms with Crippen LogP contribution in [0.1, 0.15) is 23.5 Å². The van der Waals surface area contributed by atoms with Crippen molar-refractivity contribution in [2.24, 2.45) is 0 Å². The molecule has 0 saturated carbocycles. The van der Waals surface area contributed by atoms with Crippen molar-refractivity contribution in [2.75, 3.05) is 12.0 Å². The van der Waals surface area contributed by atoms with Gasteiger partial charge in [-0.05, 0) is 36.5 Å². The number of benzene rings is 1. The van der Waals surface area contributed by atoms with Crippen molar-refractivity contribution in [3.05, 3.63) is 35.4 Å². The van der Waals surface area contributed by atoms with Crippen molar-refractivity contribution >= 4 is 17.7 Å². The van der Waals surface area contributed by atoms with Crippen LogP contribution in [0.4, 0.5) is 0 Å². The first-order valence-corrected chi connectivity index (χ1v) is 6.33. The molecule has 1 rings (SSSR count). The molecule has 0 amide bonds. The predicted octanol–water partition coefficient (Wildman–Crippen LogP) is 2.92. The summed E-state index contributed by atoms with van der Waals surface area (Å²) in [5, 5.41) is 9.17. The summed E-state index contributed by atoms with van der Waals surface area (Å²) in [6, 6.07) is 7.71. The van der Waals surface area contributed by atoms with E-state index in [1.807, 2.05) is 37.4 Å². The summed E-state index contributed by atoms with van der Waals surface area (Å²) in [5.74, 6) is -0.206. The van der Waals surface area contributed by atoms with Crippen LogP contribution in [0, 0.1) is 6.92 Å². The van der Waals surface area contributed by atoms with Gasteiger partial charge in [-0.1, -0.05) is 24.3 Å². The van der Waals surface area contributed by atoms with Gasteiger partial charge in [-0.2, -0.15) is 11.8 Å². The van der Waals surface area contributed by atoms with Gasteiger partial charge in [0.25, 0.3) is 0 Å². The van der Waals surface area contributed by atoms with E-state index in [0.29, 0.717) is 6.42 Å². The molecule has 0 aromatic heterocycles. The van der Waals surface area contributed by atoms with E-state index in [2.05, 4.69) is 0 Å². The van der Waals surface area contributed by atoms with E-state index in [-0.39, 0.29) is 5.92 Å². The third kappa shape index (κ3) is 3.27. The van der Waals surface area contributed by atoms with Crippen molar-refractivity contribution < 1.29 is 9.90 Å². The second kappa shape index (κ2) is 5.81. The van der Waals surface area contributed by atoms with Crippen LogP contribution in [-0.2, 0) is 4.79 Å². The van der Waals surface area contributed by atoms with Crippen molar-refractivity contribution in [1.29, 1.82) is 0 Å². The second-order valence-corrected chi connectivity index (χ2v) is 4.51. The molecule has 0 aliphatic heterocycles. The molecule has 1 atom stereocenters. The van der Waals surface area contributed by atoms with Gasteiger partial charge in [0.2, 0.25) is 0 Å². The van der Waals surface area contributed by atoms with Gasteiger partial charge in [-0.25, -0.2) is 0 Å². The van der Waals surface area contributed by atoms with E-state index in [4.69, 9.17) is 5.11 Å². The summed E-state index contributed by atoms with van der Waals surface area (Å²) >= 11 is 1.68. The van der Waals surface area contributed by atoms with Gasteiger partial charge in [0.15, 0.2) is 0 Å². The number of carbonyl (C=O) groups is 1. The molecule has 1 aromatic rings. The van der Waals surface area contributed by atoms with Crippen LogP contribution in [0.2, 0.25) is 0 Å². The summed E-state index contributed by atoms with van der Waals surface area (Å²) in [6.07, 6.45) is 2.69. The summed E-state index contributed by atoms with van der Waals surface area (Å²) in [6.45, 7) is 1.96. The molecule has 0 fully saturated rings. The first kappa shape index (κ1) is 12.1. The quantitative estimate of drug-likeness (QED) is 0.835. The van der Waals surface area contributed by atoms with Crippen molar-refractivity contribution in [3.63, 3.8) is 0 Å². The Labute approximate surface area is 94.7 Å². The van der Waals surface area contributed by atoms with Crippen LogP contribution in [-0.4, -0.2) is 23.1 Å². The summed E-state index contributed by atoms with van der Waals surface area (Å²) < 4.78 is 0. The molecule has 1 aromatic carbocycles. The fraction of sp³-hybridized carbons (Fsp3) is 0.417. The van der Waals surface area contributed by atoms with E-state index >= 15 is 0 Å². The lowest BCUT2D eigenvalue weighted by atomic mass is 9.93. The zero-order valence-electron chi connectivity index (χ0n) is 9.06. The maximum absolute atomic E-state index is 11.1. The van der Waals surface area contributed by atoms with E-state index in [9.17, 15) is 4.79 Å². The number of hydrogen-bond donors (Lipinski definition) is 1. The van der Waals surface area contributed by atoms with E-state index in [1.54, 1.807) is 11.8 Å². The number of carboxylic acid groups (broad SMARTS) is 1. The van der Waals surface area contributed by atoms with E-state index in [0.717, 1.165) is 16.9 Å². The second-order valence-electron chi connectivity index (χ2n) is 3.53. The molecule has 1 unspecified atom stereocenters. The number of rotatable bonds is 5. The highest BCUT2D eigenvalue weighted by Gasteiger charge is 2.20. The predicted molar refractivity (Wildman–Crippen MR) is 64.6 cm³/mol. The first-order valence-electron chi connectivity index (χ1n) is 4.94. The lowest BCUT2D eigenvalue weighted by molar-refractivity contribution is -0.138. The first-order chi connectivity index (χ1) is 7.16. The number of carboxylic acids is 1. The normalized spacial score (nSPS) is 12.4. The summed E-state index contributed by atoms with van der Waals surface area (Å²) in [5.41, 5.74) is 2.00. The maximum atomic E-state index is 11.1. The largest absolute Gasteiger partial charge is 0.481 e. The number of thioether (sulfide) groups is 1. The average Bonchev–Trinajstić information content (AvgIpc) is 2.20. The molecule has 2 nitrogen and oxygen atoms in total. The van der Waals surface area contributed by atoms with Crippen LogP contribution >= 0.6 is 11.8 Å². The highest BCUT2D eigenvalue weighted by molar-refractivity contribution is 7.98. The third-order valence-electron chi connectivity index (χ3n) is 2.47. The molecular formula is C12H16O2S. The topological polar surface area (TPSA) is 37.3 Å². The minimum Gasteiger partial charge on any atom is -0.481 e. The Hall–Kier alpha value is -0.960. The van der Waals surface area contributed by atoms with Gasteiger partial charge in [0, 0.05) is 0 Å². The Kier molecular flexibility index (Phi) is 4.69. The molecular weight excluding hydrogens is 208 g/mol. The Bertz CT molecular complexity index is 336. The van der Waals surface area contributed by atoms with E-state index < -0.39 is 5.97 Å². The van der Waals surface area contributed by atoms with Gasteiger partial charge >= 0.3 is 5.97 Å². The summed E-state index contributed by atoms with van der Waals surface area (Å²) in [7, 11) is 0. The number of aliphatic carboxylic acids is 1. The van der Waals surface area contributed by atoms with E-state index in [1.165, 1.54) is 0 Å². The molecule has 0 bridgehead atoms. The third-order valence-corrected chi connectivity index (χ3v) is 3.12. The minimum absolute atomic E-state index is 0.362. The van der Waals surface area contributed by atoms with Gasteiger partial charge < -0.3 is 5.11 Å². The Morgan fingerprint density at radius 1 is 1.47 bits per heavy atom. The zero-order valence-corrected chi connectivity index (χ0v) is 9.88. The molecule has 3 heteroatoms. The Morgan fingerprint density at radius 2 is 2.13 bits per heavy atom. The van der Waals surface area contributed by atoms with Crippen LogP contribution in [0.3, 0.4) is 0 Å². The molecule has 0 saturated heterocycles. The smallest absolute Gasteiger partial charge is 0.311 e. The van der Waals surface area contributed by atoms with Gasteiger partial charge in [-0.15, -0.1) is 0 Å². The fourth-order valence-electron chi connectivity index (χ4n) is 1.63. The highest BCUT2D eigenvalue weighted by atomic mass is 32.2. The van der Waals surface area contributed by atoms with Crippen molar-refractivity contribution in [2.45, 2.75) is 19.3 Å². The average molecular weight is 224 g/mol. The fourth-order valence-corrected chi connectivity index (χ4v) is 2.10. The Balaban J connectivity index is 2.89. The van der Waals surface area contributed by atoms with Crippen LogP contribution < -0.4 is 0 Å². The van der Waals surface area contributed by atoms with Gasteiger partial charge in [0.1, 0.15) is 0 Å². The van der Waals surface area contributed by atoms with Crippen LogP contribution in [0.5, 0.6) is 0 Å². The molecule has 0 radical (unpaired) electrons. The lowest BCUT2D eigenvalue weighted by Gasteiger charge is -2.14. The molecule has 0 aliphatic carbocycles. The monoisotopic (exact) mass is 224 g/mol. The van der Waals surface area contributed by atoms with Crippen molar-refractivity contribution in [3.8, 4) is 0 Å². The molecule has 1 N–H and O–H groups in total. The standard InChI is InChI=1S/C12H16O2S/c1-9-5-3-4-6-10(9)11(12(13)14)7-8-15-2/h3-6,11H,7-8H2,1-2H3,(H,13,14). The van der Waals surface area contributed by atoms with Crippen LogP contribution in [0.15, 0.2) is 24.3 Å². The minimum atomic E-state index is -0.724. The molecule has 0 spiro atoms. The molecule has 0 aliphatic rings. The highest BCUT2D eigenvalue weighted by Crippen LogP contribution is 2.24. The maximum Gasteiger partial charge on any atom is 0.311 e. The zero-order chi connectivity index (χ0) is 11.3. The van der Waals surface area contributed by atoms with Gasteiger partial charge in [0.05, 0.1) is 5.92 Å².